The zero-order valence-electron chi connectivity index (χ0n) is 16.5. The van der Waals surface area contributed by atoms with E-state index in [-0.39, 0.29) is 6.61 Å². The maximum absolute atomic E-state index is 6.24. The van der Waals surface area contributed by atoms with Crippen LogP contribution < -0.4 is 4.74 Å². The maximum atomic E-state index is 6.24. The van der Waals surface area contributed by atoms with Gasteiger partial charge in [-0.1, -0.05) is 47.5 Å². The Morgan fingerprint density at radius 3 is 2.62 bits per heavy atom. The molecular weight excluding hydrogens is 515 g/mol. The van der Waals surface area contributed by atoms with Gasteiger partial charge in [0.25, 0.3) is 0 Å². The summed E-state index contributed by atoms with van der Waals surface area (Å²) in [6.07, 6.45) is 0. The van der Waals surface area contributed by atoms with Gasteiger partial charge in [-0.25, -0.2) is 4.98 Å². The number of hydrogen-bond donors (Lipinski definition) is 0. The summed E-state index contributed by atoms with van der Waals surface area (Å²) in [5.74, 6) is 2.15. The molecule has 0 aliphatic rings. The summed E-state index contributed by atoms with van der Waals surface area (Å²) in [6.45, 7) is 0.562. The molecule has 0 aliphatic heterocycles. The Morgan fingerprint density at radius 2 is 1.78 bits per heavy atom. The second-order valence-electron chi connectivity index (χ2n) is 6.95. The van der Waals surface area contributed by atoms with E-state index in [0.29, 0.717) is 39.9 Å². The van der Waals surface area contributed by atoms with E-state index in [0.717, 1.165) is 21.1 Å². The Morgan fingerprint density at radius 1 is 0.969 bits per heavy atom. The largest absolute Gasteiger partial charge is 0.484 e. The number of ether oxygens (including phenoxy) is 1. The first-order valence-electron chi connectivity index (χ1n) is 9.68. The highest BCUT2D eigenvalue weighted by molar-refractivity contribution is 9.10. The highest BCUT2D eigenvalue weighted by Gasteiger charge is 2.17. The molecule has 0 bridgehead atoms. The maximum Gasteiger partial charge on any atom is 0.248 e. The Labute approximate surface area is 201 Å². The van der Waals surface area contributed by atoms with Gasteiger partial charge in [-0.15, -0.1) is 10.2 Å². The molecule has 2 aromatic heterocycles. The van der Waals surface area contributed by atoms with Crippen LogP contribution in [0.5, 0.6) is 5.75 Å². The normalized spacial score (nSPS) is 11.2. The molecule has 0 N–H and O–H groups in total. The fraction of sp³-hybridized carbons (Fsp3) is 0.0870. The van der Waals surface area contributed by atoms with Gasteiger partial charge in [0.05, 0.1) is 21.6 Å². The van der Waals surface area contributed by atoms with Crippen LogP contribution >= 0.6 is 39.1 Å². The molecule has 9 heteroatoms. The van der Waals surface area contributed by atoms with Crippen molar-refractivity contribution in [2.24, 2.45) is 0 Å². The second-order valence-corrected chi connectivity index (χ2v) is 8.65. The lowest BCUT2D eigenvalue weighted by molar-refractivity contribution is 0.290. The number of imidazole rings is 1. The minimum Gasteiger partial charge on any atom is -0.484 e. The molecule has 5 rings (SSSR count). The number of aromatic nitrogens is 4. The molecule has 3 aromatic carbocycles. The van der Waals surface area contributed by atoms with Crippen molar-refractivity contribution < 1.29 is 9.15 Å². The molecule has 0 fully saturated rings. The second kappa shape index (κ2) is 8.94. The van der Waals surface area contributed by atoms with Gasteiger partial charge < -0.3 is 13.7 Å². The third-order valence-electron chi connectivity index (χ3n) is 4.85. The molecule has 32 heavy (non-hydrogen) atoms. The van der Waals surface area contributed by atoms with Gasteiger partial charge in [-0.2, -0.15) is 0 Å². The van der Waals surface area contributed by atoms with Gasteiger partial charge in [0.1, 0.15) is 24.7 Å². The van der Waals surface area contributed by atoms with Crippen molar-refractivity contribution in [2.45, 2.75) is 13.2 Å². The van der Waals surface area contributed by atoms with Crippen LogP contribution in [0.2, 0.25) is 10.0 Å². The van der Waals surface area contributed by atoms with E-state index in [4.69, 9.17) is 37.3 Å². The molecule has 0 saturated heterocycles. The standard InChI is InChI=1S/C23H15BrCl2N4O2/c24-16-6-2-1-5-15(16)23-29-28-22(32-23)12-30-19-8-4-3-7-18(19)27-21(30)13-31-20-10-9-14(25)11-17(20)26/h1-11H,12-13H2. The van der Waals surface area contributed by atoms with Gasteiger partial charge in [0, 0.05) is 9.50 Å². The SMILES string of the molecule is Clc1ccc(OCc2nc3ccccc3n2Cc2nnc(-c3ccccc3Br)o2)c(Cl)c1. The van der Waals surface area contributed by atoms with Gasteiger partial charge in [-0.3, -0.25) is 0 Å². The fourth-order valence-corrected chi connectivity index (χ4v) is 4.26. The molecule has 2 heterocycles. The molecule has 0 radical (unpaired) electrons. The summed E-state index contributed by atoms with van der Waals surface area (Å²) in [5.41, 5.74) is 2.62. The number of benzene rings is 3. The average molecular weight is 530 g/mol. The number of halogens is 3. The van der Waals surface area contributed by atoms with Crippen molar-refractivity contribution >= 4 is 50.2 Å². The summed E-state index contributed by atoms with van der Waals surface area (Å²) in [7, 11) is 0. The third kappa shape index (κ3) is 4.24. The summed E-state index contributed by atoms with van der Waals surface area (Å²) < 4.78 is 14.8. The summed E-state index contributed by atoms with van der Waals surface area (Å²) in [4.78, 5) is 4.72. The summed E-state index contributed by atoms with van der Waals surface area (Å²) in [6, 6.07) is 20.7. The number of rotatable bonds is 6. The topological polar surface area (TPSA) is 66.0 Å². The number of nitrogens with zero attached hydrogens (tertiary/aromatic N) is 4. The molecular formula is C23H15BrCl2N4O2. The Hall–Kier alpha value is -2.87. The molecule has 5 aromatic rings. The van der Waals surface area contributed by atoms with E-state index in [9.17, 15) is 0 Å². The Kier molecular flexibility index (Phi) is 5.87. The van der Waals surface area contributed by atoms with Crippen molar-refractivity contribution in [3.8, 4) is 17.2 Å². The molecule has 0 unspecified atom stereocenters. The van der Waals surface area contributed by atoms with Crippen LogP contribution in [-0.2, 0) is 13.2 Å². The van der Waals surface area contributed by atoms with Crippen molar-refractivity contribution in [3.05, 3.63) is 93.0 Å². The van der Waals surface area contributed by atoms with E-state index < -0.39 is 0 Å². The van der Waals surface area contributed by atoms with Crippen LogP contribution in [-0.4, -0.2) is 19.7 Å². The molecule has 6 nitrogen and oxygen atoms in total. The Balaban J connectivity index is 1.45. The lowest BCUT2D eigenvalue weighted by atomic mass is 10.2. The van der Waals surface area contributed by atoms with Gasteiger partial charge in [0.2, 0.25) is 11.8 Å². The predicted molar refractivity (Wildman–Crippen MR) is 127 cm³/mol. The fourth-order valence-electron chi connectivity index (χ4n) is 3.34. The van der Waals surface area contributed by atoms with Crippen LogP contribution in [0.25, 0.3) is 22.5 Å². The summed E-state index contributed by atoms with van der Waals surface area (Å²) in [5, 5.41) is 9.43. The first kappa shape index (κ1) is 21.0. The van der Waals surface area contributed by atoms with Crippen molar-refractivity contribution in [1.29, 1.82) is 0 Å². The zero-order chi connectivity index (χ0) is 22.1. The van der Waals surface area contributed by atoms with Gasteiger partial charge in [0.15, 0.2) is 0 Å². The average Bonchev–Trinajstić information content (AvgIpc) is 3.39. The lowest BCUT2D eigenvalue weighted by Crippen LogP contribution is -2.09. The molecule has 0 atom stereocenters. The molecule has 0 aliphatic carbocycles. The minimum absolute atomic E-state index is 0.210. The monoisotopic (exact) mass is 528 g/mol. The van der Waals surface area contributed by atoms with Crippen LogP contribution in [0, 0.1) is 0 Å². The van der Waals surface area contributed by atoms with E-state index in [1.54, 1.807) is 18.2 Å². The van der Waals surface area contributed by atoms with Crippen molar-refractivity contribution in [2.75, 3.05) is 0 Å². The van der Waals surface area contributed by atoms with Gasteiger partial charge >= 0.3 is 0 Å². The smallest absolute Gasteiger partial charge is 0.248 e. The van der Waals surface area contributed by atoms with Crippen molar-refractivity contribution in [1.82, 2.24) is 19.7 Å². The predicted octanol–water partition coefficient (Wildman–Crippen LogP) is 6.78. The van der Waals surface area contributed by atoms with Crippen LogP contribution in [0.3, 0.4) is 0 Å². The van der Waals surface area contributed by atoms with Crippen LogP contribution in [0.15, 0.2) is 75.6 Å². The van der Waals surface area contributed by atoms with E-state index in [2.05, 4.69) is 26.1 Å². The van der Waals surface area contributed by atoms with E-state index in [1.165, 1.54) is 0 Å². The Bertz CT molecular complexity index is 1420. The highest BCUT2D eigenvalue weighted by Crippen LogP contribution is 2.29. The van der Waals surface area contributed by atoms with E-state index in [1.807, 2.05) is 53.1 Å². The lowest BCUT2D eigenvalue weighted by Gasteiger charge is -2.10. The zero-order valence-corrected chi connectivity index (χ0v) is 19.6. The summed E-state index contributed by atoms with van der Waals surface area (Å²) >= 11 is 15.7. The molecule has 0 amide bonds. The quantitative estimate of drug-likeness (QED) is 0.242. The van der Waals surface area contributed by atoms with Crippen LogP contribution in [0.4, 0.5) is 0 Å². The molecule has 0 spiro atoms. The molecule has 0 saturated carbocycles. The van der Waals surface area contributed by atoms with E-state index >= 15 is 0 Å². The first-order chi connectivity index (χ1) is 15.6. The third-order valence-corrected chi connectivity index (χ3v) is 6.07. The van der Waals surface area contributed by atoms with Gasteiger partial charge in [-0.05, 0) is 58.4 Å². The van der Waals surface area contributed by atoms with Crippen LogP contribution in [0.1, 0.15) is 11.7 Å². The highest BCUT2D eigenvalue weighted by atomic mass is 79.9. The number of fused-ring (bicyclic) bond motifs is 1. The molecule has 160 valence electrons. The minimum atomic E-state index is 0.210. The number of para-hydroxylation sites is 2. The van der Waals surface area contributed by atoms with Crippen molar-refractivity contribution in [3.63, 3.8) is 0 Å². The number of hydrogen-bond acceptors (Lipinski definition) is 5. The first-order valence-corrected chi connectivity index (χ1v) is 11.2.